The van der Waals surface area contributed by atoms with E-state index in [9.17, 15) is 8.42 Å². The summed E-state index contributed by atoms with van der Waals surface area (Å²) in [5.41, 5.74) is 0.232. The first-order chi connectivity index (χ1) is 7.54. The Hall–Kier alpha value is -0.510. The molecule has 3 nitrogen and oxygen atoms in total. The van der Waals surface area contributed by atoms with E-state index < -0.39 is 9.84 Å². The van der Waals surface area contributed by atoms with Crippen LogP contribution < -0.4 is 0 Å². The van der Waals surface area contributed by atoms with E-state index in [0.29, 0.717) is 18.1 Å². The molecule has 0 spiro atoms. The third-order valence-electron chi connectivity index (χ3n) is 3.72. The summed E-state index contributed by atoms with van der Waals surface area (Å²) in [6.07, 6.45) is 6.22. The predicted molar refractivity (Wildman–Crippen MR) is 66.0 cm³/mol. The maximum atomic E-state index is 11.4. The molecule has 1 rings (SSSR count). The molecule has 94 valence electrons. The van der Waals surface area contributed by atoms with Crippen LogP contribution in [0.1, 0.15) is 39.0 Å². The summed E-state index contributed by atoms with van der Waals surface area (Å²) >= 11 is 0. The molecule has 0 bridgehead atoms. The average Bonchev–Trinajstić information content (AvgIpc) is 2.27. The van der Waals surface area contributed by atoms with Gasteiger partial charge in [0.2, 0.25) is 0 Å². The summed E-state index contributed by atoms with van der Waals surface area (Å²) in [5.74, 6) is 0.728. The molecule has 1 aliphatic rings. The highest BCUT2D eigenvalue weighted by atomic mass is 32.2. The monoisotopic (exact) mass is 246 g/mol. The molecule has 4 heteroatoms. The van der Waals surface area contributed by atoms with Gasteiger partial charge in [0.15, 0.2) is 0 Å². The molecule has 0 atom stereocenters. The lowest BCUT2D eigenvalue weighted by Crippen LogP contribution is -2.33. The standard InChI is InChI=1S/C12H22O3S/c1-3-12(6-5-9-15-4-2)7-10-16(13,14)11-8-12/h4H,2-3,5-11H2,1H3. The molecule has 0 unspecified atom stereocenters. The summed E-state index contributed by atoms with van der Waals surface area (Å²) in [5, 5.41) is 0. The second kappa shape index (κ2) is 5.71. The fourth-order valence-corrected chi connectivity index (χ4v) is 4.06. The van der Waals surface area contributed by atoms with Crippen molar-refractivity contribution in [3.05, 3.63) is 12.8 Å². The first-order valence-corrected chi connectivity index (χ1v) is 7.79. The minimum absolute atomic E-state index is 0.232. The minimum atomic E-state index is -2.75. The topological polar surface area (TPSA) is 43.4 Å². The van der Waals surface area contributed by atoms with Gasteiger partial charge in [0, 0.05) is 0 Å². The Bertz CT molecular complexity index is 305. The van der Waals surface area contributed by atoms with E-state index in [4.69, 9.17) is 4.74 Å². The zero-order chi connectivity index (χ0) is 12.1. The second-order valence-electron chi connectivity index (χ2n) is 4.65. The van der Waals surface area contributed by atoms with Crippen molar-refractivity contribution in [2.45, 2.75) is 39.0 Å². The van der Waals surface area contributed by atoms with Gasteiger partial charge in [-0.2, -0.15) is 0 Å². The molecule has 0 saturated carbocycles. The highest BCUT2D eigenvalue weighted by Gasteiger charge is 2.35. The van der Waals surface area contributed by atoms with E-state index in [-0.39, 0.29) is 5.41 Å². The Morgan fingerprint density at radius 1 is 1.38 bits per heavy atom. The third kappa shape index (κ3) is 3.81. The Labute approximate surface area is 98.8 Å². The molecular formula is C12H22O3S. The van der Waals surface area contributed by atoms with E-state index in [1.807, 2.05) is 0 Å². The van der Waals surface area contributed by atoms with Gasteiger partial charge in [0.1, 0.15) is 9.84 Å². The van der Waals surface area contributed by atoms with Gasteiger partial charge in [-0.3, -0.25) is 0 Å². The lowest BCUT2D eigenvalue weighted by Gasteiger charge is -2.36. The average molecular weight is 246 g/mol. The van der Waals surface area contributed by atoms with Crippen LogP contribution >= 0.6 is 0 Å². The molecule has 0 aromatic rings. The smallest absolute Gasteiger partial charge is 0.150 e. The molecule has 1 fully saturated rings. The number of hydrogen-bond donors (Lipinski definition) is 0. The Morgan fingerprint density at radius 2 is 2.00 bits per heavy atom. The largest absolute Gasteiger partial charge is 0.502 e. The molecule has 0 N–H and O–H groups in total. The molecule has 0 amide bonds. The molecule has 16 heavy (non-hydrogen) atoms. The zero-order valence-electron chi connectivity index (χ0n) is 10.1. The van der Waals surface area contributed by atoms with Gasteiger partial charge >= 0.3 is 0 Å². The van der Waals surface area contributed by atoms with Crippen molar-refractivity contribution in [3.8, 4) is 0 Å². The van der Waals surface area contributed by atoms with Crippen LogP contribution in [0.2, 0.25) is 0 Å². The third-order valence-corrected chi connectivity index (χ3v) is 5.38. The van der Waals surface area contributed by atoms with E-state index in [1.54, 1.807) is 0 Å². The SMILES string of the molecule is C=COCCCC1(CC)CCS(=O)(=O)CC1. The highest BCUT2D eigenvalue weighted by molar-refractivity contribution is 7.91. The van der Waals surface area contributed by atoms with E-state index in [1.165, 1.54) is 6.26 Å². The summed E-state index contributed by atoms with van der Waals surface area (Å²) < 4.78 is 27.9. The summed E-state index contributed by atoms with van der Waals surface area (Å²) in [6.45, 7) is 6.35. The number of rotatable bonds is 6. The van der Waals surface area contributed by atoms with E-state index in [2.05, 4.69) is 13.5 Å². The molecule has 1 aliphatic heterocycles. The van der Waals surface area contributed by atoms with Gasteiger partial charge in [-0.15, -0.1) is 0 Å². The van der Waals surface area contributed by atoms with Gasteiger partial charge in [-0.05, 0) is 31.1 Å². The molecule has 0 aromatic heterocycles. The summed E-state index contributed by atoms with van der Waals surface area (Å²) in [4.78, 5) is 0. The van der Waals surface area contributed by atoms with Crippen molar-refractivity contribution in [1.29, 1.82) is 0 Å². The van der Waals surface area contributed by atoms with Crippen molar-refractivity contribution in [2.75, 3.05) is 18.1 Å². The van der Waals surface area contributed by atoms with Gasteiger partial charge in [0.25, 0.3) is 0 Å². The van der Waals surface area contributed by atoms with Crippen molar-refractivity contribution in [2.24, 2.45) is 5.41 Å². The highest BCUT2D eigenvalue weighted by Crippen LogP contribution is 2.39. The van der Waals surface area contributed by atoms with Gasteiger partial charge in [0.05, 0.1) is 24.4 Å². The van der Waals surface area contributed by atoms with E-state index >= 15 is 0 Å². The summed E-state index contributed by atoms with van der Waals surface area (Å²) in [6, 6.07) is 0. The number of hydrogen-bond acceptors (Lipinski definition) is 3. The fraction of sp³-hybridized carbons (Fsp3) is 0.833. The van der Waals surface area contributed by atoms with Crippen LogP contribution in [0.4, 0.5) is 0 Å². The Kier molecular flexibility index (Phi) is 4.84. The molecule has 1 saturated heterocycles. The van der Waals surface area contributed by atoms with Crippen LogP contribution in [0.25, 0.3) is 0 Å². The Morgan fingerprint density at radius 3 is 2.50 bits per heavy atom. The van der Waals surface area contributed by atoms with Crippen LogP contribution in [0.5, 0.6) is 0 Å². The normalized spacial score (nSPS) is 22.6. The van der Waals surface area contributed by atoms with Crippen molar-refractivity contribution in [1.82, 2.24) is 0 Å². The molecule has 0 aromatic carbocycles. The lowest BCUT2D eigenvalue weighted by atomic mass is 9.76. The van der Waals surface area contributed by atoms with Gasteiger partial charge in [-0.25, -0.2) is 8.42 Å². The second-order valence-corrected chi connectivity index (χ2v) is 6.95. The van der Waals surface area contributed by atoms with Crippen molar-refractivity contribution < 1.29 is 13.2 Å². The zero-order valence-corrected chi connectivity index (χ0v) is 10.9. The van der Waals surface area contributed by atoms with Crippen LogP contribution in [0, 0.1) is 5.41 Å². The van der Waals surface area contributed by atoms with Crippen LogP contribution in [-0.4, -0.2) is 26.5 Å². The number of ether oxygens (including phenoxy) is 1. The molecule has 1 heterocycles. The number of sulfone groups is 1. The fourth-order valence-electron chi connectivity index (χ4n) is 2.37. The first kappa shape index (κ1) is 13.6. The lowest BCUT2D eigenvalue weighted by molar-refractivity contribution is 0.177. The van der Waals surface area contributed by atoms with Crippen LogP contribution in [0.3, 0.4) is 0 Å². The van der Waals surface area contributed by atoms with E-state index in [0.717, 1.165) is 32.1 Å². The minimum Gasteiger partial charge on any atom is -0.502 e. The van der Waals surface area contributed by atoms with Gasteiger partial charge < -0.3 is 4.74 Å². The van der Waals surface area contributed by atoms with Crippen LogP contribution in [-0.2, 0) is 14.6 Å². The maximum Gasteiger partial charge on any atom is 0.150 e. The molecule has 0 radical (unpaired) electrons. The van der Waals surface area contributed by atoms with Crippen LogP contribution in [0.15, 0.2) is 12.8 Å². The summed E-state index contributed by atoms with van der Waals surface area (Å²) in [7, 11) is -2.75. The predicted octanol–water partition coefficient (Wildman–Crippen LogP) is 2.53. The first-order valence-electron chi connectivity index (χ1n) is 5.96. The van der Waals surface area contributed by atoms with Crippen molar-refractivity contribution >= 4 is 9.84 Å². The molecule has 0 aliphatic carbocycles. The molecular weight excluding hydrogens is 224 g/mol. The van der Waals surface area contributed by atoms with Crippen molar-refractivity contribution in [3.63, 3.8) is 0 Å². The Balaban J connectivity index is 2.43. The van der Waals surface area contributed by atoms with Gasteiger partial charge in [-0.1, -0.05) is 19.9 Å². The quantitative estimate of drug-likeness (QED) is 0.534. The maximum absolute atomic E-state index is 11.4.